The molecule has 25 heavy (non-hydrogen) atoms. The molecule has 0 spiro atoms. The van der Waals surface area contributed by atoms with E-state index in [9.17, 15) is 13.2 Å². The van der Waals surface area contributed by atoms with E-state index in [-0.39, 0.29) is 17.3 Å². The smallest absolute Gasteiger partial charge is 0.406 e. The second-order valence-electron chi connectivity index (χ2n) is 6.74. The molecule has 2 rings (SSSR count). The molecular formula is C16H20BClF3NO3. The number of nitrogens with two attached hydrogens (primary N) is 1. The number of benzene rings is 1. The van der Waals surface area contributed by atoms with Crippen LogP contribution in [0.5, 0.6) is 5.75 Å². The van der Waals surface area contributed by atoms with Crippen LogP contribution in [-0.4, -0.2) is 31.2 Å². The molecule has 0 atom stereocenters. The SMILES string of the molecule is CC1(C)OB(C(=Cc2ccc(OC(F)(F)F)cc2Cl)CN)OC1(C)C. The van der Waals surface area contributed by atoms with Gasteiger partial charge in [0.1, 0.15) is 5.75 Å². The summed E-state index contributed by atoms with van der Waals surface area (Å²) in [7, 11) is -0.655. The Labute approximate surface area is 150 Å². The molecule has 4 nitrogen and oxygen atoms in total. The van der Waals surface area contributed by atoms with Crippen LogP contribution < -0.4 is 10.5 Å². The minimum absolute atomic E-state index is 0.101. The van der Waals surface area contributed by atoms with E-state index in [1.807, 2.05) is 27.7 Å². The van der Waals surface area contributed by atoms with Gasteiger partial charge in [-0.05, 0) is 56.9 Å². The zero-order valence-electron chi connectivity index (χ0n) is 14.4. The van der Waals surface area contributed by atoms with Crippen LogP contribution in [0.15, 0.2) is 23.7 Å². The van der Waals surface area contributed by atoms with Crippen molar-refractivity contribution in [1.82, 2.24) is 0 Å². The molecule has 0 radical (unpaired) electrons. The van der Waals surface area contributed by atoms with Crippen molar-refractivity contribution in [1.29, 1.82) is 0 Å². The molecule has 0 unspecified atom stereocenters. The standard InChI is InChI=1S/C16H20BClF3NO3/c1-14(2)15(3,4)25-17(24-14)11(9-22)7-10-5-6-12(8-13(10)18)23-16(19,20)21/h5-8H,9,22H2,1-4H3. The van der Waals surface area contributed by atoms with Crippen LogP contribution in [0.3, 0.4) is 0 Å². The normalized spacial score (nSPS) is 20.0. The highest BCUT2D eigenvalue weighted by molar-refractivity contribution is 6.56. The largest absolute Gasteiger partial charge is 0.573 e. The summed E-state index contributed by atoms with van der Waals surface area (Å²) in [5, 5.41) is 0.101. The molecule has 0 aliphatic carbocycles. The first-order chi connectivity index (χ1) is 11.3. The molecule has 1 aromatic carbocycles. The van der Waals surface area contributed by atoms with Crippen LogP contribution in [0.25, 0.3) is 6.08 Å². The molecule has 0 bridgehead atoms. The Morgan fingerprint density at radius 2 is 1.80 bits per heavy atom. The summed E-state index contributed by atoms with van der Waals surface area (Å²) in [6, 6.07) is 3.70. The summed E-state index contributed by atoms with van der Waals surface area (Å²) in [4.78, 5) is 0. The van der Waals surface area contributed by atoms with Crippen LogP contribution in [0.1, 0.15) is 33.3 Å². The molecule has 1 aliphatic rings. The predicted octanol–water partition coefficient (Wildman–Crippen LogP) is 4.21. The van der Waals surface area contributed by atoms with Gasteiger partial charge in [0.05, 0.1) is 16.2 Å². The van der Waals surface area contributed by atoms with Crippen molar-refractivity contribution >= 4 is 24.8 Å². The van der Waals surface area contributed by atoms with Gasteiger partial charge < -0.3 is 19.8 Å². The van der Waals surface area contributed by atoms with E-state index in [2.05, 4.69) is 4.74 Å². The third-order valence-corrected chi connectivity index (χ3v) is 4.67. The Bertz CT molecular complexity index is 661. The minimum atomic E-state index is -4.77. The van der Waals surface area contributed by atoms with Crippen molar-refractivity contribution in [2.45, 2.75) is 45.3 Å². The van der Waals surface area contributed by atoms with Gasteiger partial charge in [-0.1, -0.05) is 17.7 Å². The molecule has 138 valence electrons. The highest BCUT2D eigenvalue weighted by Crippen LogP contribution is 2.39. The molecule has 1 heterocycles. The average Bonchev–Trinajstić information content (AvgIpc) is 2.64. The van der Waals surface area contributed by atoms with Crippen LogP contribution in [0.4, 0.5) is 13.2 Å². The summed E-state index contributed by atoms with van der Waals surface area (Å²) in [5.74, 6) is -0.389. The maximum atomic E-state index is 12.3. The van der Waals surface area contributed by atoms with Crippen molar-refractivity contribution in [3.8, 4) is 5.75 Å². The fraction of sp³-hybridized carbons (Fsp3) is 0.500. The summed E-state index contributed by atoms with van der Waals surface area (Å²) >= 11 is 6.06. The maximum absolute atomic E-state index is 12.3. The number of hydrogen-bond acceptors (Lipinski definition) is 4. The van der Waals surface area contributed by atoms with Gasteiger partial charge >= 0.3 is 13.5 Å². The Kier molecular flexibility index (Phi) is 5.49. The van der Waals surface area contributed by atoms with Gasteiger partial charge in [-0.3, -0.25) is 0 Å². The molecule has 1 aliphatic heterocycles. The lowest BCUT2D eigenvalue weighted by molar-refractivity contribution is -0.274. The van der Waals surface area contributed by atoms with Gasteiger partial charge in [0.25, 0.3) is 0 Å². The van der Waals surface area contributed by atoms with E-state index >= 15 is 0 Å². The highest BCUT2D eigenvalue weighted by atomic mass is 35.5. The van der Waals surface area contributed by atoms with Crippen molar-refractivity contribution in [3.05, 3.63) is 34.3 Å². The lowest BCUT2D eigenvalue weighted by atomic mass is 9.77. The van der Waals surface area contributed by atoms with Crippen LogP contribution >= 0.6 is 11.6 Å². The Morgan fingerprint density at radius 3 is 2.24 bits per heavy atom. The molecule has 0 aromatic heterocycles. The zero-order chi connectivity index (χ0) is 19.0. The number of halogens is 4. The van der Waals surface area contributed by atoms with E-state index in [1.165, 1.54) is 12.1 Å². The maximum Gasteiger partial charge on any atom is 0.573 e. The molecular weight excluding hydrogens is 357 g/mol. The fourth-order valence-electron chi connectivity index (χ4n) is 2.24. The number of alkyl halides is 3. The van der Waals surface area contributed by atoms with Gasteiger partial charge in [-0.25, -0.2) is 0 Å². The van der Waals surface area contributed by atoms with E-state index in [1.54, 1.807) is 6.08 Å². The topological polar surface area (TPSA) is 53.7 Å². The lowest BCUT2D eigenvalue weighted by Crippen LogP contribution is -2.41. The monoisotopic (exact) mass is 377 g/mol. The van der Waals surface area contributed by atoms with Crippen molar-refractivity contribution in [2.24, 2.45) is 5.73 Å². The number of ether oxygens (including phenoxy) is 1. The third-order valence-electron chi connectivity index (χ3n) is 4.34. The first-order valence-electron chi connectivity index (χ1n) is 7.66. The first-order valence-corrected chi connectivity index (χ1v) is 8.04. The van der Waals surface area contributed by atoms with Gasteiger partial charge in [-0.2, -0.15) is 0 Å². The predicted molar refractivity (Wildman–Crippen MR) is 91.2 cm³/mol. The summed E-state index contributed by atoms with van der Waals surface area (Å²) in [6.45, 7) is 7.80. The Balaban J connectivity index is 2.26. The molecule has 2 N–H and O–H groups in total. The van der Waals surface area contributed by atoms with Gasteiger partial charge in [0, 0.05) is 6.54 Å². The van der Waals surface area contributed by atoms with Crippen LogP contribution in [0, 0.1) is 0 Å². The second-order valence-corrected chi connectivity index (χ2v) is 7.15. The van der Waals surface area contributed by atoms with Crippen molar-refractivity contribution < 1.29 is 27.2 Å². The van der Waals surface area contributed by atoms with E-state index in [0.717, 1.165) is 6.07 Å². The molecule has 0 amide bonds. The number of rotatable bonds is 4. The minimum Gasteiger partial charge on any atom is -0.406 e. The average molecular weight is 378 g/mol. The Morgan fingerprint density at radius 1 is 1.24 bits per heavy atom. The summed E-state index contributed by atoms with van der Waals surface area (Å²) < 4.78 is 52.5. The first kappa shape index (κ1) is 20.1. The molecule has 1 fully saturated rings. The third kappa shape index (κ3) is 4.70. The summed E-state index contributed by atoms with van der Waals surface area (Å²) in [6.07, 6.45) is -3.12. The second kappa shape index (κ2) is 6.83. The Hall–Kier alpha value is -1.22. The lowest BCUT2D eigenvalue weighted by Gasteiger charge is -2.32. The molecule has 1 aromatic rings. The van der Waals surface area contributed by atoms with Gasteiger partial charge in [0.2, 0.25) is 0 Å². The molecule has 0 saturated carbocycles. The zero-order valence-corrected chi connectivity index (χ0v) is 15.2. The van der Waals surface area contributed by atoms with Gasteiger partial charge in [0.15, 0.2) is 0 Å². The van der Waals surface area contributed by atoms with E-state index < -0.39 is 24.7 Å². The van der Waals surface area contributed by atoms with Crippen LogP contribution in [-0.2, 0) is 9.31 Å². The highest BCUT2D eigenvalue weighted by Gasteiger charge is 2.52. The van der Waals surface area contributed by atoms with E-state index in [0.29, 0.717) is 11.0 Å². The van der Waals surface area contributed by atoms with E-state index in [4.69, 9.17) is 26.6 Å². The van der Waals surface area contributed by atoms with Crippen molar-refractivity contribution in [3.63, 3.8) is 0 Å². The molecule has 9 heteroatoms. The number of hydrogen-bond donors (Lipinski definition) is 1. The summed E-state index contributed by atoms with van der Waals surface area (Å²) in [5.41, 5.74) is 5.86. The quantitative estimate of drug-likeness (QED) is 0.799. The fourth-order valence-corrected chi connectivity index (χ4v) is 2.46. The van der Waals surface area contributed by atoms with Crippen LogP contribution in [0.2, 0.25) is 5.02 Å². The molecule has 1 saturated heterocycles. The van der Waals surface area contributed by atoms with Crippen molar-refractivity contribution in [2.75, 3.05) is 6.54 Å². The van der Waals surface area contributed by atoms with Gasteiger partial charge in [-0.15, -0.1) is 13.2 Å².